The first-order valence-electron chi connectivity index (χ1n) is 5.81. The second kappa shape index (κ2) is 4.45. The smallest absolute Gasteiger partial charge is 0.231 e. The third kappa shape index (κ3) is 2.64. The number of ether oxygens (including phenoxy) is 2. The van der Waals surface area contributed by atoms with Gasteiger partial charge in [-0.05, 0) is 38.8 Å². The fraction of sp³-hybridized carbons (Fsp3) is 0.538. The fourth-order valence-corrected chi connectivity index (χ4v) is 1.88. The van der Waals surface area contributed by atoms with Crippen LogP contribution in [0.25, 0.3) is 0 Å². The van der Waals surface area contributed by atoms with Crippen molar-refractivity contribution in [1.29, 1.82) is 0 Å². The van der Waals surface area contributed by atoms with Crippen molar-refractivity contribution in [2.45, 2.75) is 32.7 Å². The maximum Gasteiger partial charge on any atom is 0.231 e. The summed E-state index contributed by atoms with van der Waals surface area (Å²) in [4.78, 5) is 0. The second-order valence-corrected chi connectivity index (χ2v) is 5.00. The predicted molar refractivity (Wildman–Crippen MR) is 66.7 cm³/mol. The molecule has 94 valence electrons. The summed E-state index contributed by atoms with van der Waals surface area (Å²) in [6, 6.07) is 3.93. The van der Waals surface area contributed by atoms with Crippen molar-refractivity contribution in [3.63, 3.8) is 0 Å². The maximum absolute atomic E-state index is 9.02. The maximum atomic E-state index is 9.02. The van der Waals surface area contributed by atoms with Gasteiger partial charge in [0.15, 0.2) is 11.5 Å². The Kier molecular flexibility index (Phi) is 3.15. The molecule has 1 aliphatic rings. The Balaban J connectivity index is 2.21. The molecule has 17 heavy (non-hydrogen) atoms. The summed E-state index contributed by atoms with van der Waals surface area (Å²) in [6.07, 6.45) is 0.695. The Morgan fingerprint density at radius 3 is 2.59 bits per heavy atom. The quantitative estimate of drug-likeness (QED) is 0.843. The topological polar surface area (TPSA) is 50.7 Å². The number of fused-ring (bicyclic) bond motifs is 1. The molecule has 0 bridgehead atoms. The van der Waals surface area contributed by atoms with Crippen LogP contribution in [0, 0.1) is 6.92 Å². The molecule has 0 saturated heterocycles. The zero-order chi connectivity index (χ0) is 12.5. The van der Waals surface area contributed by atoms with Gasteiger partial charge in [0.25, 0.3) is 0 Å². The molecule has 1 heterocycles. The van der Waals surface area contributed by atoms with Crippen LogP contribution in [0.1, 0.15) is 25.8 Å². The number of aryl methyl sites for hydroxylation is 1. The number of hydrogen-bond acceptors (Lipinski definition) is 4. The van der Waals surface area contributed by atoms with Crippen molar-refractivity contribution < 1.29 is 14.6 Å². The highest BCUT2D eigenvalue weighted by Gasteiger charge is 2.20. The molecule has 0 fully saturated rings. The first-order chi connectivity index (χ1) is 8.02. The van der Waals surface area contributed by atoms with E-state index >= 15 is 0 Å². The van der Waals surface area contributed by atoms with Gasteiger partial charge in [-0.15, -0.1) is 0 Å². The average molecular weight is 237 g/mol. The Morgan fingerprint density at radius 1 is 1.29 bits per heavy atom. The number of benzene rings is 1. The molecule has 0 amide bonds. The number of nitrogens with one attached hydrogen (secondary N) is 1. The number of aliphatic hydroxyl groups excluding tert-OH is 1. The van der Waals surface area contributed by atoms with Crippen LogP contribution < -0.4 is 14.8 Å². The number of anilines is 1. The van der Waals surface area contributed by atoms with E-state index in [4.69, 9.17) is 14.6 Å². The molecule has 0 atom stereocenters. The average Bonchev–Trinajstić information content (AvgIpc) is 2.64. The SMILES string of the molecule is Cc1cc2c(cc1NC(C)(C)CCO)OCO2. The number of aliphatic hydroxyl groups is 1. The molecule has 0 aliphatic carbocycles. The summed E-state index contributed by atoms with van der Waals surface area (Å²) in [5.74, 6) is 1.57. The largest absolute Gasteiger partial charge is 0.454 e. The molecule has 2 rings (SSSR count). The van der Waals surface area contributed by atoms with Crippen LogP contribution in [0.4, 0.5) is 5.69 Å². The Hall–Kier alpha value is -1.42. The van der Waals surface area contributed by atoms with Crippen LogP contribution in [0.15, 0.2) is 12.1 Å². The van der Waals surface area contributed by atoms with E-state index in [1.54, 1.807) is 0 Å². The van der Waals surface area contributed by atoms with Gasteiger partial charge in [0.05, 0.1) is 0 Å². The van der Waals surface area contributed by atoms with Gasteiger partial charge in [0.1, 0.15) is 0 Å². The van der Waals surface area contributed by atoms with Gasteiger partial charge in [-0.25, -0.2) is 0 Å². The van der Waals surface area contributed by atoms with E-state index in [2.05, 4.69) is 19.2 Å². The van der Waals surface area contributed by atoms with Gasteiger partial charge in [-0.1, -0.05) is 0 Å². The van der Waals surface area contributed by atoms with Crippen molar-refractivity contribution in [2.75, 3.05) is 18.7 Å². The molecular formula is C13H19NO3. The zero-order valence-electron chi connectivity index (χ0n) is 10.5. The van der Waals surface area contributed by atoms with Crippen LogP contribution in [0.3, 0.4) is 0 Å². The normalized spacial score (nSPS) is 13.9. The minimum Gasteiger partial charge on any atom is -0.454 e. The second-order valence-electron chi connectivity index (χ2n) is 5.00. The van der Waals surface area contributed by atoms with Gasteiger partial charge < -0.3 is 19.9 Å². The van der Waals surface area contributed by atoms with E-state index < -0.39 is 0 Å². The molecule has 1 aliphatic heterocycles. The van der Waals surface area contributed by atoms with E-state index in [9.17, 15) is 0 Å². The Morgan fingerprint density at radius 2 is 1.94 bits per heavy atom. The number of rotatable bonds is 4. The van der Waals surface area contributed by atoms with Gasteiger partial charge in [0.2, 0.25) is 6.79 Å². The van der Waals surface area contributed by atoms with Crippen molar-refractivity contribution in [3.05, 3.63) is 17.7 Å². The van der Waals surface area contributed by atoms with E-state index in [0.717, 1.165) is 22.7 Å². The summed E-state index contributed by atoms with van der Waals surface area (Å²) in [5, 5.41) is 12.4. The summed E-state index contributed by atoms with van der Waals surface area (Å²) in [6.45, 7) is 6.61. The lowest BCUT2D eigenvalue weighted by molar-refractivity contribution is 0.174. The fourth-order valence-electron chi connectivity index (χ4n) is 1.88. The third-order valence-corrected chi connectivity index (χ3v) is 2.93. The van der Waals surface area contributed by atoms with Crippen LogP contribution in [-0.4, -0.2) is 24.0 Å². The van der Waals surface area contributed by atoms with Crippen molar-refractivity contribution >= 4 is 5.69 Å². The lowest BCUT2D eigenvalue weighted by atomic mass is 10.00. The molecule has 1 aromatic rings. The molecule has 0 unspecified atom stereocenters. The molecule has 0 radical (unpaired) electrons. The monoisotopic (exact) mass is 237 g/mol. The molecule has 0 spiro atoms. The highest BCUT2D eigenvalue weighted by atomic mass is 16.7. The molecular weight excluding hydrogens is 218 g/mol. The number of hydrogen-bond donors (Lipinski definition) is 2. The molecule has 2 N–H and O–H groups in total. The van der Waals surface area contributed by atoms with Crippen LogP contribution in [-0.2, 0) is 0 Å². The minimum absolute atomic E-state index is 0.146. The van der Waals surface area contributed by atoms with E-state index in [0.29, 0.717) is 6.42 Å². The standard InChI is InChI=1S/C13H19NO3/c1-9-6-11-12(17-8-16-11)7-10(9)14-13(2,3)4-5-15/h6-7,14-15H,4-5,8H2,1-3H3. The van der Waals surface area contributed by atoms with Crippen LogP contribution in [0.5, 0.6) is 11.5 Å². The zero-order valence-corrected chi connectivity index (χ0v) is 10.5. The van der Waals surface area contributed by atoms with Crippen LogP contribution >= 0.6 is 0 Å². The van der Waals surface area contributed by atoms with Crippen molar-refractivity contribution in [3.8, 4) is 11.5 Å². The van der Waals surface area contributed by atoms with Gasteiger partial charge in [-0.3, -0.25) is 0 Å². The third-order valence-electron chi connectivity index (χ3n) is 2.93. The molecule has 4 heteroatoms. The first-order valence-corrected chi connectivity index (χ1v) is 5.81. The first kappa shape index (κ1) is 12.0. The van der Waals surface area contributed by atoms with Crippen LogP contribution in [0.2, 0.25) is 0 Å². The Labute approximate surface area is 102 Å². The van der Waals surface area contributed by atoms with Crippen molar-refractivity contribution in [2.24, 2.45) is 0 Å². The van der Waals surface area contributed by atoms with E-state index in [-0.39, 0.29) is 18.9 Å². The minimum atomic E-state index is -0.146. The summed E-state index contributed by atoms with van der Waals surface area (Å²) < 4.78 is 10.7. The molecule has 4 nitrogen and oxygen atoms in total. The summed E-state index contributed by atoms with van der Waals surface area (Å²) in [7, 11) is 0. The Bertz CT molecular complexity index is 415. The summed E-state index contributed by atoms with van der Waals surface area (Å²) in [5.41, 5.74) is 1.99. The van der Waals surface area contributed by atoms with Gasteiger partial charge in [-0.2, -0.15) is 0 Å². The lowest BCUT2D eigenvalue weighted by Crippen LogP contribution is -2.32. The van der Waals surface area contributed by atoms with Gasteiger partial charge in [0, 0.05) is 23.9 Å². The van der Waals surface area contributed by atoms with E-state index in [1.807, 2.05) is 19.1 Å². The molecule has 0 aromatic heterocycles. The highest BCUT2D eigenvalue weighted by molar-refractivity contribution is 5.61. The van der Waals surface area contributed by atoms with Crippen molar-refractivity contribution in [1.82, 2.24) is 0 Å². The molecule has 1 aromatic carbocycles. The lowest BCUT2D eigenvalue weighted by Gasteiger charge is -2.27. The van der Waals surface area contributed by atoms with E-state index in [1.165, 1.54) is 0 Å². The summed E-state index contributed by atoms with van der Waals surface area (Å²) >= 11 is 0. The highest BCUT2D eigenvalue weighted by Crippen LogP contribution is 2.37. The molecule has 0 saturated carbocycles. The van der Waals surface area contributed by atoms with Gasteiger partial charge >= 0.3 is 0 Å². The predicted octanol–water partition coefficient (Wildman–Crippen LogP) is 2.30.